The Morgan fingerprint density at radius 2 is 1.95 bits per heavy atom. The van der Waals surface area contributed by atoms with Crippen LogP contribution >= 0.6 is 22.6 Å². The van der Waals surface area contributed by atoms with Gasteiger partial charge in [-0.3, -0.25) is 0 Å². The van der Waals surface area contributed by atoms with E-state index in [0.717, 1.165) is 40.9 Å². The largest absolute Gasteiger partial charge is 0.372 e. The van der Waals surface area contributed by atoms with Gasteiger partial charge in [-0.25, -0.2) is 9.97 Å². The molecule has 1 saturated carbocycles. The molecule has 4 nitrogen and oxygen atoms in total. The zero-order valence-electron chi connectivity index (χ0n) is 12.8. The molecule has 20 heavy (non-hydrogen) atoms. The minimum atomic E-state index is -0.305. The van der Waals surface area contributed by atoms with Gasteiger partial charge in [0, 0.05) is 19.9 Å². The maximum atomic E-state index is 6.13. The van der Waals surface area contributed by atoms with Crippen LogP contribution in [0.15, 0.2) is 6.20 Å². The molecule has 0 bridgehead atoms. The number of nitrogens with one attached hydrogen (secondary N) is 1. The SMILES string of the molecule is CCOC1(c2ncc(I)c(NC)n2)CCC(C)(C)CC1. The Morgan fingerprint density at radius 1 is 1.30 bits per heavy atom. The van der Waals surface area contributed by atoms with E-state index < -0.39 is 0 Å². The Balaban J connectivity index is 2.33. The first-order valence-corrected chi connectivity index (χ1v) is 8.35. The smallest absolute Gasteiger partial charge is 0.162 e. The monoisotopic (exact) mass is 389 g/mol. The molecule has 1 aromatic rings. The van der Waals surface area contributed by atoms with Crippen LogP contribution in [0.2, 0.25) is 0 Å². The first-order chi connectivity index (χ1) is 9.42. The van der Waals surface area contributed by atoms with Crippen LogP contribution in [-0.4, -0.2) is 23.6 Å². The lowest BCUT2D eigenvalue weighted by Gasteiger charge is -2.42. The van der Waals surface area contributed by atoms with Crippen molar-refractivity contribution in [1.82, 2.24) is 9.97 Å². The number of anilines is 1. The molecule has 1 aromatic heterocycles. The summed E-state index contributed by atoms with van der Waals surface area (Å²) < 4.78 is 7.17. The highest BCUT2D eigenvalue weighted by Crippen LogP contribution is 2.46. The first-order valence-electron chi connectivity index (χ1n) is 7.27. The molecule has 1 aliphatic rings. The minimum absolute atomic E-state index is 0.305. The van der Waals surface area contributed by atoms with Gasteiger partial charge < -0.3 is 10.1 Å². The molecule has 2 rings (SSSR count). The number of nitrogens with zero attached hydrogens (tertiary/aromatic N) is 2. The average molecular weight is 389 g/mol. The quantitative estimate of drug-likeness (QED) is 0.793. The molecule has 0 amide bonds. The van der Waals surface area contributed by atoms with Gasteiger partial charge in [0.15, 0.2) is 5.82 Å². The summed E-state index contributed by atoms with van der Waals surface area (Å²) in [5, 5.41) is 3.14. The number of hydrogen-bond donors (Lipinski definition) is 1. The molecule has 0 saturated heterocycles. The maximum Gasteiger partial charge on any atom is 0.162 e. The summed E-state index contributed by atoms with van der Waals surface area (Å²) in [7, 11) is 1.89. The Kier molecular flexibility index (Phi) is 4.89. The van der Waals surface area contributed by atoms with Crippen molar-refractivity contribution in [2.45, 2.75) is 52.1 Å². The number of halogens is 1. The van der Waals surface area contributed by atoms with Gasteiger partial charge >= 0.3 is 0 Å². The molecule has 1 aliphatic carbocycles. The Hall–Kier alpha value is -0.430. The number of rotatable bonds is 4. The van der Waals surface area contributed by atoms with E-state index in [1.807, 2.05) is 20.2 Å². The predicted octanol–water partition coefficient (Wildman–Crippen LogP) is 3.95. The van der Waals surface area contributed by atoms with Crippen LogP contribution in [0.3, 0.4) is 0 Å². The third kappa shape index (κ3) is 3.24. The third-order valence-corrected chi connectivity index (χ3v) is 5.01. The molecule has 112 valence electrons. The molecule has 5 heteroatoms. The van der Waals surface area contributed by atoms with Crippen LogP contribution in [0.1, 0.15) is 52.3 Å². The van der Waals surface area contributed by atoms with Crippen molar-refractivity contribution in [2.75, 3.05) is 19.0 Å². The topological polar surface area (TPSA) is 47.0 Å². The zero-order valence-corrected chi connectivity index (χ0v) is 15.0. The summed E-state index contributed by atoms with van der Waals surface area (Å²) >= 11 is 2.25. The summed E-state index contributed by atoms with van der Waals surface area (Å²) in [6, 6.07) is 0. The third-order valence-electron chi connectivity index (χ3n) is 4.22. The second-order valence-electron chi connectivity index (χ2n) is 6.23. The summed E-state index contributed by atoms with van der Waals surface area (Å²) in [6.45, 7) is 7.41. The van der Waals surface area contributed by atoms with Gasteiger partial charge in [0.1, 0.15) is 11.4 Å². The second kappa shape index (κ2) is 6.13. The van der Waals surface area contributed by atoms with E-state index in [4.69, 9.17) is 9.72 Å². The molecular weight excluding hydrogens is 365 g/mol. The van der Waals surface area contributed by atoms with Gasteiger partial charge in [-0.05, 0) is 60.6 Å². The minimum Gasteiger partial charge on any atom is -0.372 e. The van der Waals surface area contributed by atoms with Crippen LogP contribution < -0.4 is 5.32 Å². The molecule has 1 N–H and O–H groups in total. The van der Waals surface area contributed by atoms with Crippen LogP contribution in [0, 0.1) is 8.99 Å². The van der Waals surface area contributed by atoms with E-state index in [2.05, 4.69) is 46.7 Å². The van der Waals surface area contributed by atoms with Gasteiger partial charge in [-0.2, -0.15) is 0 Å². The molecular formula is C15H24IN3O. The molecule has 0 atom stereocenters. The van der Waals surface area contributed by atoms with Crippen molar-refractivity contribution in [1.29, 1.82) is 0 Å². The Labute approximate surface area is 135 Å². The number of aromatic nitrogens is 2. The number of ether oxygens (including phenoxy) is 1. The lowest BCUT2D eigenvalue weighted by molar-refractivity contribution is -0.0947. The van der Waals surface area contributed by atoms with Crippen LogP contribution in [-0.2, 0) is 10.3 Å². The van der Waals surface area contributed by atoms with E-state index in [1.54, 1.807) is 0 Å². The van der Waals surface area contributed by atoms with Crippen molar-refractivity contribution in [3.8, 4) is 0 Å². The lowest BCUT2D eigenvalue weighted by atomic mass is 9.70. The molecule has 0 unspecified atom stereocenters. The van der Waals surface area contributed by atoms with Crippen molar-refractivity contribution in [3.63, 3.8) is 0 Å². The fourth-order valence-corrected chi connectivity index (χ4v) is 3.33. The molecule has 0 spiro atoms. The van der Waals surface area contributed by atoms with Crippen LogP contribution in [0.4, 0.5) is 5.82 Å². The fraction of sp³-hybridized carbons (Fsp3) is 0.733. The molecule has 0 aliphatic heterocycles. The zero-order chi connectivity index (χ0) is 14.8. The maximum absolute atomic E-state index is 6.13. The van der Waals surface area contributed by atoms with Gasteiger partial charge in [0.2, 0.25) is 0 Å². The van der Waals surface area contributed by atoms with Crippen molar-refractivity contribution < 1.29 is 4.74 Å². The van der Waals surface area contributed by atoms with Crippen LogP contribution in [0.25, 0.3) is 0 Å². The summed E-state index contributed by atoms with van der Waals surface area (Å²) in [4.78, 5) is 9.26. The van der Waals surface area contributed by atoms with E-state index >= 15 is 0 Å². The Morgan fingerprint density at radius 3 is 2.50 bits per heavy atom. The van der Waals surface area contributed by atoms with Gasteiger partial charge in [0.25, 0.3) is 0 Å². The highest BCUT2D eigenvalue weighted by atomic mass is 127. The van der Waals surface area contributed by atoms with Gasteiger partial charge in [-0.1, -0.05) is 13.8 Å². The van der Waals surface area contributed by atoms with Gasteiger partial charge in [0.05, 0.1) is 3.57 Å². The van der Waals surface area contributed by atoms with Gasteiger partial charge in [-0.15, -0.1) is 0 Å². The summed E-state index contributed by atoms with van der Waals surface area (Å²) in [6.07, 6.45) is 6.18. The van der Waals surface area contributed by atoms with E-state index in [1.165, 1.54) is 0 Å². The van der Waals surface area contributed by atoms with E-state index in [9.17, 15) is 0 Å². The summed E-state index contributed by atoms with van der Waals surface area (Å²) in [5.74, 6) is 1.72. The van der Waals surface area contributed by atoms with E-state index in [-0.39, 0.29) is 5.60 Å². The van der Waals surface area contributed by atoms with Crippen molar-refractivity contribution in [3.05, 3.63) is 15.6 Å². The molecule has 1 fully saturated rings. The predicted molar refractivity (Wildman–Crippen MR) is 89.8 cm³/mol. The second-order valence-corrected chi connectivity index (χ2v) is 7.39. The Bertz CT molecular complexity index is 466. The first kappa shape index (κ1) is 15.9. The fourth-order valence-electron chi connectivity index (χ4n) is 2.80. The average Bonchev–Trinajstić information content (AvgIpc) is 2.42. The molecule has 1 heterocycles. The molecule has 0 radical (unpaired) electrons. The van der Waals surface area contributed by atoms with Crippen molar-refractivity contribution in [2.24, 2.45) is 5.41 Å². The normalized spacial score (nSPS) is 20.6. The standard InChI is InChI=1S/C15H24IN3O/c1-5-20-15(8-6-14(2,3)7-9-15)13-18-10-11(16)12(17-4)19-13/h10H,5-9H2,1-4H3,(H,17,18,19). The summed E-state index contributed by atoms with van der Waals surface area (Å²) in [5.41, 5.74) is 0.0931. The van der Waals surface area contributed by atoms with Crippen molar-refractivity contribution >= 4 is 28.4 Å². The van der Waals surface area contributed by atoms with E-state index in [0.29, 0.717) is 12.0 Å². The van der Waals surface area contributed by atoms with Crippen LogP contribution in [0.5, 0.6) is 0 Å². The molecule has 0 aromatic carbocycles. The highest BCUT2D eigenvalue weighted by molar-refractivity contribution is 14.1. The lowest BCUT2D eigenvalue weighted by Crippen LogP contribution is -2.39. The number of hydrogen-bond acceptors (Lipinski definition) is 4. The highest BCUT2D eigenvalue weighted by Gasteiger charge is 2.42.